The van der Waals surface area contributed by atoms with Crippen LogP contribution in [0.15, 0.2) is 103 Å². The first kappa shape index (κ1) is 52.0. The summed E-state index contributed by atoms with van der Waals surface area (Å²) in [6.45, 7) is 6.55. The first-order valence-corrected chi connectivity index (χ1v) is 16.9. The molecule has 0 saturated heterocycles. The van der Waals surface area contributed by atoms with Gasteiger partial charge in [-0.3, -0.25) is 19.2 Å². The minimum absolute atomic E-state index is 0. The first-order chi connectivity index (χ1) is 28.0. The molecule has 21 nitrogen and oxygen atoms in total. The lowest BCUT2D eigenvalue weighted by atomic mass is 10.0. The second-order valence-corrected chi connectivity index (χ2v) is 11.6. The maximum atomic E-state index is 12.2. The Balaban J connectivity index is 0.000000881. The van der Waals surface area contributed by atoms with Gasteiger partial charge in [0, 0.05) is 66.3 Å². The van der Waals surface area contributed by atoms with E-state index >= 15 is 0 Å². The molecule has 0 saturated carbocycles. The van der Waals surface area contributed by atoms with Gasteiger partial charge in [0.2, 0.25) is 0 Å². The number of nitrogens with one attached hydrogen (secondary N) is 2. The number of anilines is 2. The molecule has 22 heteroatoms. The number of nitrogens with two attached hydrogens (primary N) is 3. The van der Waals surface area contributed by atoms with E-state index in [1.165, 1.54) is 36.4 Å². The van der Waals surface area contributed by atoms with Gasteiger partial charge in [-0.25, -0.2) is 19.2 Å². The number of para-hydroxylation sites is 2. The Hall–Kier alpha value is -7.97. The molecule has 3 rings (SSSR count). The zero-order chi connectivity index (χ0) is 44.5. The quantitative estimate of drug-likeness (QED) is 0.0162. The van der Waals surface area contributed by atoms with E-state index in [-0.39, 0.29) is 56.3 Å². The molecular formula is C38H42BN8O13. The Kier molecular flexibility index (Phi) is 23.9. The Bertz CT molecular complexity index is 2080. The molecule has 0 aliphatic rings. The van der Waals surface area contributed by atoms with Crippen LogP contribution < -0.4 is 27.8 Å². The molecule has 0 bridgehead atoms. The third-order valence-electron chi connectivity index (χ3n) is 7.23. The van der Waals surface area contributed by atoms with Gasteiger partial charge in [-0.1, -0.05) is 79.0 Å². The highest BCUT2D eigenvalue weighted by Gasteiger charge is 2.26. The fourth-order valence-corrected chi connectivity index (χ4v) is 4.37. The number of ether oxygens (including phenoxy) is 2. The molecule has 0 spiro atoms. The first-order valence-electron chi connectivity index (χ1n) is 16.9. The van der Waals surface area contributed by atoms with E-state index in [1.54, 1.807) is 48.5 Å². The summed E-state index contributed by atoms with van der Waals surface area (Å²) in [6.07, 6.45) is -0.446. The Morgan fingerprint density at radius 3 is 1.38 bits per heavy atom. The Labute approximate surface area is 344 Å². The molecule has 2 amide bonds. The van der Waals surface area contributed by atoms with Crippen molar-refractivity contribution in [1.29, 1.82) is 0 Å². The molecule has 3 atom stereocenters. The van der Waals surface area contributed by atoms with E-state index in [0.29, 0.717) is 11.3 Å². The standard InChI is InChI=1S/C14H14N4O5.C14H16N2O5.C10H12N2O3.B/c1-2-7-23-14(22)16-11(13(20)21)8-12(19)9-5-3-4-6-10(9)17-18-15;1-2-7-21-14(20)16-11(13(18)19)8-12(17)9-5-3-4-6-10(9)15;11-7-4-2-1-3-6(7)9(13)5-8(12)10(14)15;/h2-6,11H,1,7-8H2,(H,16,22)(H,20,21);2-6,11H,1,7-8,15H2,(H,16,20)(H,18,19);1-4,8H,5,11-12H2,(H,14,15);. The molecule has 0 aliphatic heterocycles. The summed E-state index contributed by atoms with van der Waals surface area (Å²) in [5, 5.41) is 34.2. The fraction of sp³-hybridized carbons (Fsp3) is 0.211. The molecule has 3 radical (unpaired) electrons. The van der Waals surface area contributed by atoms with Gasteiger partial charge in [-0.15, -0.1) is 0 Å². The van der Waals surface area contributed by atoms with Crippen LogP contribution in [0.1, 0.15) is 50.3 Å². The second kappa shape index (κ2) is 27.6. The lowest BCUT2D eigenvalue weighted by molar-refractivity contribution is -0.140. The van der Waals surface area contributed by atoms with Crippen molar-refractivity contribution < 1.29 is 63.1 Å². The van der Waals surface area contributed by atoms with E-state index in [1.807, 2.05) is 0 Å². The van der Waals surface area contributed by atoms with Crippen LogP contribution in [0, 0.1) is 0 Å². The summed E-state index contributed by atoms with van der Waals surface area (Å²) in [5.74, 6) is -5.36. The second-order valence-electron chi connectivity index (χ2n) is 11.6. The van der Waals surface area contributed by atoms with Crippen LogP contribution in [0.3, 0.4) is 0 Å². The minimum atomic E-state index is -1.47. The number of hydrogen-bond acceptors (Lipinski definition) is 14. The van der Waals surface area contributed by atoms with Crippen LogP contribution in [-0.2, 0) is 23.9 Å². The summed E-state index contributed by atoms with van der Waals surface area (Å²) in [5.41, 5.74) is 26.2. The molecule has 0 aromatic heterocycles. The highest BCUT2D eigenvalue weighted by molar-refractivity contribution is 6.04. The average molecular weight is 830 g/mol. The van der Waals surface area contributed by atoms with Crippen molar-refractivity contribution in [3.63, 3.8) is 0 Å². The topological polar surface area (TPSA) is 367 Å². The predicted molar refractivity (Wildman–Crippen MR) is 217 cm³/mol. The predicted octanol–water partition coefficient (Wildman–Crippen LogP) is 3.65. The fourth-order valence-electron chi connectivity index (χ4n) is 4.37. The van der Waals surface area contributed by atoms with Crippen LogP contribution in [-0.4, -0.2) is 103 Å². The molecule has 3 aromatic carbocycles. The Morgan fingerprint density at radius 1 is 0.650 bits per heavy atom. The van der Waals surface area contributed by atoms with E-state index in [9.17, 15) is 38.4 Å². The molecule has 60 heavy (non-hydrogen) atoms. The number of ketones is 3. The van der Waals surface area contributed by atoms with Crippen LogP contribution in [0.5, 0.6) is 0 Å². The maximum Gasteiger partial charge on any atom is 0.408 e. The van der Waals surface area contributed by atoms with Gasteiger partial charge in [0.15, 0.2) is 17.3 Å². The SMILES string of the molecule is C=CCOC(=O)NC(CC(=O)c1ccccc1N)C(=O)O.C=CCOC(=O)NC(CC(=O)c1ccccc1N=[N+]=[N-])C(=O)O.Nc1ccccc1C(=O)CC(N)C(=O)O.[B]. The van der Waals surface area contributed by atoms with Crippen molar-refractivity contribution in [3.05, 3.63) is 125 Å². The number of rotatable bonds is 19. The summed E-state index contributed by atoms with van der Waals surface area (Å²) in [6, 6.07) is 14.7. The number of azide groups is 1. The number of aliphatic carboxylic acids is 3. The van der Waals surface area contributed by atoms with E-state index in [0.717, 1.165) is 0 Å². The number of carboxylic acid groups (broad SMARTS) is 3. The normalized spacial score (nSPS) is 11.1. The monoisotopic (exact) mass is 829 g/mol. The van der Waals surface area contributed by atoms with Crippen molar-refractivity contribution in [3.8, 4) is 0 Å². The lowest BCUT2D eigenvalue weighted by Gasteiger charge is -2.14. The maximum absolute atomic E-state index is 12.2. The summed E-state index contributed by atoms with van der Waals surface area (Å²) >= 11 is 0. The van der Waals surface area contributed by atoms with Crippen molar-refractivity contribution >= 4 is 72.9 Å². The molecular weight excluding hydrogens is 787 g/mol. The molecule has 11 N–H and O–H groups in total. The molecule has 0 aliphatic carbocycles. The summed E-state index contributed by atoms with van der Waals surface area (Å²) in [7, 11) is 0. The van der Waals surface area contributed by atoms with Crippen LogP contribution in [0.4, 0.5) is 26.7 Å². The number of hydrogen-bond donors (Lipinski definition) is 8. The number of nitrogens with zero attached hydrogens (tertiary/aromatic N) is 3. The van der Waals surface area contributed by atoms with Gasteiger partial charge in [0.25, 0.3) is 0 Å². The molecule has 3 aromatic rings. The van der Waals surface area contributed by atoms with Crippen molar-refractivity contribution in [2.45, 2.75) is 37.4 Å². The van der Waals surface area contributed by atoms with Gasteiger partial charge in [0.05, 0.1) is 0 Å². The smallest absolute Gasteiger partial charge is 0.408 e. The highest BCUT2D eigenvalue weighted by atomic mass is 16.6. The van der Waals surface area contributed by atoms with Crippen LogP contribution >= 0.6 is 0 Å². The van der Waals surface area contributed by atoms with E-state index in [4.69, 9.17) is 38.1 Å². The lowest BCUT2D eigenvalue weighted by Crippen LogP contribution is -2.42. The molecule has 0 heterocycles. The highest BCUT2D eigenvalue weighted by Crippen LogP contribution is 2.21. The number of benzene rings is 3. The van der Waals surface area contributed by atoms with Gasteiger partial charge >= 0.3 is 30.1 Å². The van der Waals surface area contributed by atoms with Crippen LogP contribution in [0.25, 0.3) is 10.4 Å². The number of carboxylic acids is 3. The van der Waals surface area contributed by atoms with Crippen LogP contribution in [0.2, 0.25) is 0 Å². The summed E-state index contributed by atoms with van der Waals surface area (Å²) < 4.78 is 9.23. The molecule has 0 fully saturated rings. The number of alkyl carbamates (subject to hydrolysis) is 2. The number of nitrogen functional groups attached to an aromatic ring is 2. The van der Waals surface area contributed by atoms with Gasteiger partial charge < -0.3 is 52.6 Å². The zero-order valence-corrected chi connectivity index (χ0v) is 31.8. The van der Waals surface area contributed by atoms with Crippen molar-refractivity contribution in [1.82, 2.24) is 10.6 Å². The number of Topliss-reactive ketones (excluding diaryl/α,β-unsaturated/α-hetero) is 3. The van der Waals surface area contributed by atoms with Gasteiger partial charge in [-0.2, -0.15) is 0 Å². The zero-order valence-electron chi connectivity index (χ0n) is 31.8. The largest absolute Gasteiger partial charge is 0.480 e. The van der Waals surface area contributed by atoms with Gasteiger partial charge in [0.1, 0.15) is 31.3 Å². The summed E-state index contributed by atoms with van der Waals surface area (Å²) in [4.78, 5) is 93.8. The minimum Gasteiger partial charge on any atom is -0.480 e. The van der Waals surface area contributed by atoms with Crippen molar-refractivity contribution in [2.75, 3.05) is 24.7 Å². The van der Waals surface area contributed by atoms with Crippen molar-refractivity contribution in [2.24, 2.45) is 10.8 Å². The molecule has 3 unspecified atom stereocenters. The third-order valence-corrected chi connectivity index (χ3v) is 7.23. The Morgan fingerprint density at radius 2 is 1.02 bits per heavy atom. The van der Waals surface area contributed by atoms with E-state index < -0.39 is 72.6 Å². The third kappa shape index (κ3) is 18.8. The number of carbonyl (C=O) groups is 8. The van der Waals surface area contributed by atoms with Gasteiger partial charge in [-0.05, 0) is 29.8 Å². The van der Waals surface area contributed by atoms with E-state index in [2.05, 4.69) is 43.3 Å². The number of carbonyl (C=O) groups excluding carboxylic acids is 5. The molecule has 315 valence electrons. The average Bonchev–Trinajstić information content (AvgIpc) is 3.19. The number of amides is 2.